The zero-order valence-corrected chi connectivity index (χ0v) is 49.2. The number of esters is 1. The van der Waals surface area contributed by atoms with Crippen LogP contribution in [0.5, 0.6) is 5.75 Å². The molecule has 0 spiro atoms. The molecular weight excluding hydrogens is 1030 g/mol. The molecule has 0 radical (unpaired) electrons. The fraction of sp³-hybridized carbons (Fsp3) is 0.707. The molecule has 19 nitrogen and oxygen atoms in total. The number of aromatic nitrogens is 1. The maximum Gasteiger partial charge on any atom is 0.311 e. The van der Waals surface area contributed by atoms with E-state index in [2.05, 4.69) is 5.32 Å². The van der Waals surface area contributed by atoms with E-state index >= 15 is 0 Å². The van der Waals surface area contributed by atoms with Crippen LogP contribution in [0, 0.1) is 24.7 Å². The van der Waals surface area contributed by atoms with E-state index in [1.165, 1.54) is 25.7 Å². The van der Waals surface area contributed by atoms with Crippen molar-refractivity contribution in [2.24, 2.45) is 17.8 Å². The predicted molar refractivity (Wildman–Crippen MR) is 294 cm³/mol. The molecule has 6 rings (SSSR count). The van der Waals surface area contributed by atoms with Gasteiger partial charge in [-0.15, -0.1) is 0 Å². The van der Waals surface area contributed by atoms with Gasteiger partial charge in [-0.3, -0.25) is 23.9 Å². The van der Waals surface area contributed by atoms with Crippen LogP contribution in [-0.2, 0) is 33.2 Å². The molecule has 1 aromatic heterocycles. The lowest BCUT2D eigenvalue weighted by Gasteiger charge is -2.48. The van der Waals surface area contributed by atoms with Crippen LogP contribution < -0.4 is 10.1 Å². The van der Waals surface area contributed by atoms with Crippen molar-refractivity contribution in [3.05, 3.63) is 64.3 Å². The first-order chi connectivity index (χ1) is 36.5. The lowest BCUT2D eigenvalue weighted by Crippen LogP contribution is -2.60. The number of nitrogens with zero attached hydrogens (tertiary/aromatic N) is 3. The SMILES string of the molecule is CC[C@@H]1OC(=O)[C@@H](C)[C@@H](O[C@H]2C[C@@](C)(OC)[C@@H](O)[C@H](C)O2)[C@@H](C)[C@H](O[C@@H]2O[C@H](C)C[C@H](N(C)C)[C@H]2O)[C@](C)(O)C[C@H](C)CN(CCCNC(=O)c2c(C)n(C(=O)c3ccc(Cl)cc3)c3ccc(OC)cc23)[C@@H](C)[C@H](O)[C@]1(C)O. The third-order valence-corrected chi connectivity index (χ3v) is 17.1. The second-order valence-corrected chi connectivity index (χ2v) is 23.8. The summed E-state index contributed by atoms with van der Waals surface area (Å²) in [7, 11) is 6.75. The number of amides is 1. The molecule has 3 fully saturated rings. The standard InChI is InChI=1S/C58H89ClN4O15/c1-16-44-58(11,71)49(65)36(7)62(25-17-24-60-52(67)46-35(6)63(42-23-22-40(72-14)27-41(42)46)53(68)38-18-20-39(59)21-19-38)30-31(2)28-56(9,70)51(78-55-47(64)43(61(12)13)26-32(3)74-55)33(4)48(34(5)54(69)76-44)77-45-29-57(10,73-15)50(66)37(8)75-45/h18-23,27,31-34,36-37,43-45,47-51,55,64-66,70-71H,16-17,24-26,28-30H2,1-15H3,(H,60,67)/t31-,32+,33+,34-,36-,37-,43-,44-,45-,47+,48-,49-,50-,51-,55-,56+,57+,58+/m0/s1. The summed E-state index contributed by atoms with van der Waals surface area (Å²) in [6, 6.07) is 10.6. The summed E-state index contributed by atoms with van der Waals surface area (Å²) in [6.07, 6.45) is -9.19. The third kappa shape index (κ3) is 13.7. The Kier molecular flexibility index (Phi) is 21.1. The van der Waals surface area contributed by atoms with Gasteiger partial charge in [0.1, 0.15) is 35.8 Å². The molecule has 18 atom stereocenters. The average Bonchev–Trinajstić information content (AvgIpc) is 3.69. The maximum atomic E-state index is 14.7. The molecule has 4 heterocycles. The smallest absolute Gasteiger partial charge is 0.311 e. The van der Waals surface area contributed by atoms with Crippen molar-refractivity contribution in [3.63, 3.8) is 0 Å². The summed E-state index contributed by atoms with van der Waals surface area (Å²) in [4.78, 5) is 46.9. The van der Waals surface area contributed by atoms with Crippen LogP contribution in [0.1, 0.15) is 128 Å². The van der Waals surface area contributed by atoms with Gasteiger partial charge in [0, 0.05) is 72.8 Å². The first kappa shape index (κ1) is 63.4. The number of methoxy groups -OCH3 is 2. The van der Waals surface area contributed by atoms with E-state index in [9.17, 15) is 39.9 Å². The molecule has 3 saturated heterocycles. The molecule has 20 heteroatoms. The number of likely N-dealkylation sites (N-methyl/N-ethyl adjacent to an activating group) is 1. The lowest BCUT2D eigenvalue weighted by atomic mass is 9.77. The van der Waals surface area contributed by atoms with Crippen LogP contribution in [-0.4, -0.2) is 196 Å². The molecule has 0 unspecified atom stereocenters. The number of halogens is 1. The quantitative estimate of drug-likeness (QED) is 0.0838. The van der Waals surface area contributed by atoms with Gasteiger partial charge in [-0.1, -0.05) is 32.4 Å². The molecule has 3 aliphatic rings. The number of carbonyl (C=O) groups is 3. The van der Waals surface area contributed by atoms with Gasteiger partial charge in [-0.25, -0.2) is 0 Å². The highest BCUT2D eigenvalue weighted by atomic mass is 35.5. The van der Waals surface area contributed by atoms with Crippen molar-refractivity contribution >= 4 is 40.3 Å². The van der Waals surface area contributed by atoms with Crippen molar-refractivity contribution in [1.29, 1.82) is 0 Å². The zero-order valence-electron chi connectivity index (χ0n) is 48.4. The van der Waals surface area contributed by atoms with Gasteiger partial charge in [0.15, 0.2) is 12.6 Å². The molecule has 0 saturated carbocycles. The van der Waals surface area contributed by atoms with Crippen LogP contribution >= 0.6 is 11.6 Å². The Morgan fingerprint density at radius 3 is 2.21 bits per heavy atom. The number of nitrogens with one attached hydrogen (secondary N) is 1. The monoisotopic (exact) mass is 1120 g/mol. The number of fused-ring (bicyclic) bond motifs is 1. The molecule has 0 bridgehead atoms. The van der Waals surface area contributed by atoms with Gasteiger partial charge in [-0.2, -0.15) is 0 Å². The highest BCUT2D eigenvalue weighted by Crippen LogP contribution is 2.41. The van der Waals surface area contributed by atoms with Crippen molar-refractivity contribution < 1.29 is 73.1 Å². The molecule has 3 aliphatic heterocycles. The summed E-state index contributed by atoms with van der Waals surface area (Å²) in [5.74, 6) is -3.31. The van der Waals surface area contributed by atoms with Crippen LogP contribution in [0.4, 0.5) is 0 Å². The Hall–Kier alpha value is -3.80. The van der Waals surface area contributed by atoms with Gasteiger partial charge in [-0.05, 0) is 144 Å². The van der Waals surface area contributed by atoms with Crippen molar-refractivity contribution in [1.82, 2.24) is 19.7 Å². The summed E-state index contributed by atoms with van der Waals surface area (Å²) in [5.41, 5.74) is -3.15. The Labute approximate surface area is 465 Å². The average molecular weight is 1120 g/mol. The Bertz CT molecular complexity index is 2510. The van der Waals surface area contributed by atoms with Crippen LogP contribution in [0.25, 0.3) is 10.9 Å². The van der Waals surface area contributed by atoms with Crippen LogP contribution in [0.3, 0.4) is 0 Å². The van der Waals surface area contributed by atoms with E-state index in [1.807, 2.05) is 37.7 Å². The van der Waals surface area contributed by atoms with E-state index in [4.69, 9.17) is 44.8 Å². The van der Waals surface area contributed by atoms with Crippen molar-refractivity contribution in [3.8, 4) is 5.75 Å². The van der Waals surface area contributed by atoms with E-state index in [-0.39, 0.29) is 56.3 Å². The van der Waals surface area contributed by atoms with Gasteiger partial charge in [0.25, 0.3) is 11.8 Å². The number of carbonyl (C=O) groups excluding carboxylic acids is 3. The minimum Gasteiger partial charge on any atom is -0.497 e. The Morgan fingerprint density at radius 2 is 1.59 bits per heavy atom. The van der Waals surface area contributed by atoms with Gasteiger partial charge in [0.05, 0.1) is 59.7 Å². The van der Waals surface area contributed by atoms with E-state index in [1.54, 1.807) is 97.9 Å². The number of ether oxygens (including phenoxy) is 7. The first-order valence-electron chi connectivity index (χ1n) is 27.6. The maximum absolute atomic E-state index is 14.7. The Morgan fingerprint density at radius 1 is 0.923 bits per heavy atom. The molecule has 78 heavy (non-hydrogen) atoms. The number of aliphatic hydroxyl groups excluding tert-OH is 3. The number of aliphatic hydroxyl groups is 5. The minimum absolute atomic E-state index is 0.0761. The van der Waals surface area contributed by atoms with Crippen LogP contribution in [0.2, 0.25) is 5.02 Å². The summed E-state index contributed by atoms with van der Waals surface area (Å²) in [5, 5.41) is 64.7. The van der Waals surface area contributed by atoms with E-state index in [0.29, 0.717) is 57.9 Å². The second-order valence-electron chi connectivity index (χ2n) is 23.3. The van der Waals surface area contributed by atoms with Gasteiger partial charge >= 0.3 is 5.97 Å². The Balaban J connectivity index is 1.33. The molecule has 1 amide bonds. The predicted octanol–water partition coefficient (Wildman–Crippen LogP) is 5.70. The summed E-state index contributed by atoms with van der Waals surface area (Å²) < 4.78 is 45.3. The number of hydrogen-bond acceptors (Lipinski definition) is 17. The fourth-order valence-electron chi connectivity index (χ4n) is 12.3. The highest BCUT2D eigenvalue weighted by molar-refractivity contribution is 6.30. The topological polar surface area (TPSA) is 240 Å². The fourth-order valence-corrected chi connectivity index (χ4v) is 12.4. The van der Waals surface area contributed by atoms with Crippen LogP contribution in [0.15, 0.2) is 42.5 Å². The highest BCUT2D eigenvalue weighted by Gasteiger charge is 2.53. The zero-order chi connectivity index (χ0) is 57.9. The van der Waals surface area contributed by atoms with Crippen molar-refractivity contribution in [2.75, 3.05) is 47.9 Å². The van der Waals surface area contributed by atoms with Crippen molar-refractivity contribution in [2.45, 2.75) is 199 Å². The molecule has 3 aromatic rings. The largest absolute Gasteiger partial charge is 0.497 e. The van der Waals surface area contributed by atoms with E-state index in [0.717, 1.165) is 0 Å². The normalized spacial score (nSPS) is 36.9. The number of benzene rings is 2. The van der Waals surface area contributed by atoms with E-state index < -0.39 is 102 Å². The first-order valence-corrected chi connectivity index (χ1v) is 27.9. The summed E-state index contributed by atoms with van der Waals surface area (Å²) in [6.45, 7) is 19.8. The van der Waals surface area contributed by atoms with Gasteiger partial charge in [0.2, 0.25) is 0 Å². The molecule has 2 aromatic carbocycles. The molecule has 6 N–H and O–H groups in total. The summed E-state index contributed by atoms with van der Waals surface area (Å²) >= 11 is 6.14. The number of rotatable bonds is 14. The third-order valence-electron chi connectivity index (χ3n) is 16.9. The minimum atomic E-state index is -1.98. The number of cyclic esters (lactones) is 1. The molecule has 0 aliphatic carbocycles. The lowest BCUT2D eigenvalue weighted by molar-refractivity contribution is -0.318. The van der Waals surface area contributed by atoms with Gasteiger partial charge < -0.3 is 68.9 Å². The number of hydrogen-bond donors (Lipinski definition) is 6. The molecule has 438 valence electrons. The molecular formula is C58H89ClN4O15. The second kappa shape index (κ2) is 26.0.